The van der Waals surface area contributed by atoms with Gasteiger partial charge in [-0.2, -0.15) is 0 Å². The van der Waals surface area contributed by atoms with Crippen LogP contribution in [0.5, 0.6) is 0 Å². The van der Waals surface area contributed by atoms with E-state index in [1.54, 1.807) is 0 Å². The lowest BCUT2D eigenvalue weighted by Crippen LogP contribution is -2.46. The number of nitrogens with zero attached hydrogens (tertiary/aromatic N) is 2. The van der Waals surface area contributed by atoms with Crippen LogP contribution in [-0.4, -0.2) is 76.1 Å². The summed E-state index contributed by atoms with van der Waals surface area (Å²) in [5, 5.41) is 6.88. The summed E-state index contributed by atoms with van der Waals surface area (Å²) in [7, 11) is 0. The fourth-order valence-electron chi connectivity index (χ4n) is 3.50. The van der Waals surface area contributed by atoms with Gasteiger partial charge in [0.2, 0.25) is 0 Å². The zero-order valence-corrected chi connectivity index (χ0v) is 16.9. The molecule has 0 saturated carbocycles. The first-order valence-corrected chi connectivity index (χ1v) is 10.3. The molecular weight excluding hydrogens is 328 g/mol. The second-order valence-corrected chi connectivity index (χ2v) is 7.52. The summed E-state index contributed by atoms with van der Waals surface area (Å²) >= 11 is 0. The van der Waals surface area contributed by atoms with Gasteiger partial charge in [-0.25, -0.2) is 0 Å². The van der Waals surface area contributed by atoms with Crippen LogP contribution in [0.2, 0.25) is 0 Å². The first-order chi connectivity index (χ1) is 12.7. The molecule has 2 rings (SSSR count). The molecule has 0 amide bonds. The third-order valence-electron chi connectivity index (χ3n) is 4.91. The van der Waals surface area contributed by atoms with E-state index in [0.717, 1.165) is 78.0 Å². The van der Waals surface area contributed by atoms with E-state index in [-0.39, 0.29) is 0 Å². The fourth-order valence-corrected chi connectivity index (χ4v) is 3.50. The van der Waals surface area contributed by atoms with Gasteiger partial charge in [-0.1, -0.05) is 25.5 Å². The molecule has 150 valence electrons. The highest BCUT2D eigenvalue weighted by Gasteiger charge is 2.21. The quantitative estimate of drug-likeness (QED) is 0.371. The highest BCUT2D eigenvalue weighted by atomic mass is 16.5. The van der Waals surface area contributed by atoms with Crippen molar-refractivity contribution in [3.8, 4) is 0 Å². The average Bonchev–Trinajstić information content (AvgIpc) is 2.66. The van der Waals surface area contributed by atoms with Crippen LogP contribution in [-0.2, 0) is 9.47 Å². The monoisotopic (exact) mass is 366 g/mol. The van der Waals surface area contributed by atoms with Crippen molar-refractivity contribution in [1.29, 1.82) is 0 Å². The van der Waals surface area contributed by atoms with Gasteiger partial charge in [0.25, 0.3) is 0 Å². The smallest absolute Gasteiger partial charge is 0.191 e. The third-order valence-corrected chi connectivity index (χ3v) is 4.91. The van der Waals surface area contributed by atoms with Gasteiger partial charge in [-0.3, -0.25) is 9.89 Å². The lowest BCUT2D eigenvalue weighted by atomic mass is 10.0. The first-order valence-electron chi connectivity index (χ1n) is 10.3. The Balaban J connectivity index is 1.85. The lowest BCUT2D eigenvalue weighted by Gasteiger charge is -2.34. The van der Waals surface area contributed by atoms with Crippen molar-refractivity contribution >= 4 is 5.96 Å². The van der Waals surface area contributed by atoms with Crippen LogP contribution in [0.3, 0.4) is 0 Å². The number of rotatable bonds is 9. The topological polar surface area (TPSA) is 58.1 Å². The van der Waals surface area contributed by atoms with Gasteiger partial charge >= 0.3 is 0 Å². The van der Waals surface area contributed by atoms with E-state index >= 15 is 0 Å². The molecule has 2 N–H and O–H groups in total. The van der Waals surface area contributed by atoms with E-state index in [2.05, 4.69) is 42.4 Å². The molecule has 0 aromatic carbocycles. The summed E-state index contributed by atoms with van der Waals surface area (Å²) in [5.74, 6) is 1.61. The summed E-state index contributed by atoms with van der Waals surface area (Å²) in [5.41, 5.74) is 1.49. The summed E-state index contributed by atoms with van der Waals surface area (Å²) in [6, 6.07) is 0.493. The second kappa shape index (κ2) is 12.3. The SMILES string of the molecule is CCNC(=NCC(CC(C)C)N1CCOCC1)NCCC1=CCOCC1. The van der Waals surface area contributed by atoms with E-state index in [0.29, 0.717) is 12.0 Å². The molecule has 0 aliphatic carbocycles. The van der Waals surface area contributed by atoms with Gasteiger partial charge in [0.15, 0.2) is 5.96 Å². The maximum absolute atomic E-state index is 5.51. The Morgan fingerprint density at radius 2 is 2.00 bits per heavy atom. The van der Waals surface area contributed by atoms with Gasteiger partial charge in [0.05, 0.1) is 33.0 Å². The Labute approximate surface area is 159 Å². The predicted molar refractivity (Wildman–Crippen MR) is 108 cm³/mol. The molecule has 1 unspecified atom stereocenters. The van der Waals surface area contributed by atoms with Crippen LogP contribution in [0.4, 0.5) is 0 Å². The minimum absolute atomic E-state index is 0.493. The molecule has 6 nitrogen and oxygen atoms in total. The van der Waals surface area contributed by atoms with Crippen molar-refractivity contribution in [1.82, 2.24) is 15.5 Å². The molecule has 2 aliphatic heterocycles. The third kappa shape index (κ3) is 8.06. The van der Waals surface area contributed by atoms with Crippen molar-refractivity contribution in [3.63, 3.8) is 0 Å². The Hall–Kier alpha value is -1.11. The molecule has 2 heterocycles. The van der Waals surface area contributed by atoms with E-state index < -0.39 is 0 Å². The predicted octanol–water partition coefficient (Wildman–Crippen LogP) is 2.03. The standard InChI is InChI=1S/C20H38N4O2/c1-4-21-20(22-8-5-18-6-11-25-12-7-18)23-16-19(15-17(2)3)24-9-13-26-14-10-24/h6,17,19H,4-5,7-16H2,1-3H3,(H2,21,22,23). The molecule has 0 bridgehead atoms. The van der Waals surface area contributed by atoms with Gasteiger partial charge in [0, 0.05) is 32.2 Å². The number of hydrogen-bond acceptors (Lipinski definition) is 4. The molecule has 2 aliphatic rings. The van der Waals surface area contributed by atoms with Crippen LogP contribution >= 0.6 is 0 Å². The van der Waals surface area contributed by atoms with Gasteiger partial charge in [-0.15, -0.1) is 0 Å². The van der Waals surface area contributed by atoms with Crippen molar-refractivity contribution in [2.75, 3.05) is 59.2 Å². The molecule has 0 radical (unpaired) electrons. The summed E-state index contributed by atoms with van der Waals surface area (Å²) in [6.07, 6.45) is 5.51. The molecule has 0 aromatic heterocycles. The number of guanidine groups is 1. The van der Waals surface area contributed by atoms with Crippen LogP contribution < -0.4 is 10.6 Å². The van der Waals surface area contributed by atoms with Crippen LogP contribution in [0.25, 0.3) is 0 Å². The summed E-state index contributed by atoms with van der Waals surface area (Å²) < 4.78 is 10.9. The van der Waals surface area contributed by atoms with E-state index in [1.807, 2.05) is 0 Å². The number of ether oxygens (including phenoxy) is 2. The Bertz CT molecular complexity index is 445. The van der Waals surface area contributed by atoms with E-state index in [1.165, 1.54) is 12.0 Å². The number of morpholine rings is 1. The molecule has 1 fully saturated rings. The van der Waals surface area contributed by atoms with Gasteiger partial charge in [-0.05, 0) is 32.1 Å². The number of hydrogen-bond donors (Lipinski definition) is 2. The second-order valence-electron chi connectivity index (χ2n) is 7.52. The lowest BCUT2D eigenvalue weighted by molar-refractivity contribution is 0.0143. The zero-order valence-electron chi connectivity index (χ0n) is 16.9. The average molecular weight is 367 g/mol. The number of nitrogens with one attached hydrogen (secondary N) is 2. The normalized spacial score (nSPS) is 20.8. The van der Waals surface area contributed by atoms with Crippen LogP contribution in [0.15, 0.2) is 16.6 Å². The minimum atomic E-state index is 0.493. The highest BCUT2D eigenvalue weighted by molar-refractivity contribution is 5.79. The van der Waals surface area contributed by atoms with Gasteiger partial charge < -0.3 is 20.1 Å². The van der Waals surface area contributed by atoms with Crippen LogP contribution in [0, 0.1) is 5.92 Å². The fraction of sp³-hybridized carbons (Fsp3) is 0.850. The molecule has 6 heteroatoms. The minimum Gasteiger partial charge on any atom is -0.379 e. The highest BCUT2D eigenvalue weighted by Crippen LogP contribution is 2.14. The maximum atomic E-state index is 5.51. The largest absolute Gasteiger partial charge is 0.379 e. The van der Waals surface area contributed by atoms with E-state index in [9.17, 15) is 0 Å². The molecular formula is C20H38N4O2. The van der Waals surface area contributed by atoms with E-state index in [4.69, 9.17) is 14.5 Å². The molecule has 0 spiro atoms. The number of aliphatic imine (C=N–C) groups is 1. The summed E-state index contributed by atoms with van der Waals surface area (Å²) in [4.78, 5) is 7.44. The zero-order chi connectivity index (χ0) is 18.6. The van der Waals surface area contributed by atoms with Gasteiger partial charge in [0.1, 0.15) is 0 Å². The van der Waals surface area contributed by atoms with Crippen molar-refractivity contribution in [2.45, 2.75) is 46.1 Å². The first kappa shape index (κ1) is 21.2. The molecule has 1 atom stereocenters. The molecule has 26 heavy (non-hydrogen) atoms. The summed E-state index contributed by atoms with van der Waals surface area (Å²) in [6.45, 7) is 14.7. The van der Waals surface area contributed by atoms with Crippen molar-refractivity contribution < 1.29 is 9.47 Å². The Morgan fingerprint density at radius 3 is 2.65 bits per heavy atom. The van der Waals surface area contributed by atoms with Crippen molar-refractivity contribution in [3.05, 3.63) is 11.6 Å². The Kier molecular flexibility index (Phi) is 10.0. The Morgan fingerprint density at radius 1 is 1.19 bits per heavy atom. The molecule has 1 saturated heterocycles. The van der Waals surface area contributed by atoms with Crippen LogP contribution in [0.1, 0.15) is 40.0 Å². The van der Waals surface area contributed by atoms with Crippen molar-refractivity contribution in [2.24, 2.45) is 10.9 Å². The molecule has 0 aromatic rings. The maximum Gasteiger partial charge on any atom is 0.191 e.